The van der Waals surface area contributed by atoms with Gasteiger partial charge in [-0.25, -0.2) is 8.42 Å². The van der Waals surface area contributed by atoms with Crippen molar-refractivity contribution in [1.29, 1.82) is 0 Å². The maximum atomic E-state index is 11.6. The van der Waals surface area contributed by atoms with Crippen molar-refractivity contribution >= 4 is 15.8 Å². The van der Waals surface area contributed by atoms with Crippen molar-refractivity contribution in [3.8, 4) is 0 Å². The molecule has 0 aliphatic carbocycles. The van der Waals surface area contributed by atoms with Gasteiger partial charge >= 0.3 is 0 Å². The lowest BCUT2D eigenvalue weighted by Crippen LogP contribution is -2.38. The van der Waals surface area contributed by atoms with Crippen molar-refractivity contribution in [2.45, 2.75) is 24.9 Å². The Labute approximate surface area is 142 Å². The largest absolute Gasteiger partial charge is 0.355 e. The third-order valence-electron chi connectivity index (χ3n) is 3.51. The highest BCUT2D eigenvalue weighted by atomic mass is 32.2. The Hall–Kier alpha value is -2.35. The predicted molar refractivity (Wildman–Crippen MR) is 94.7 cm³/mol. The second kappa shape index (κ2) is 7.96. The van der Waals surface area contributed by atoms with E-state index in [4.69, 9.17) is 0 Å². The summed E-state index contributed by atoms with van der Waals surface area (Å²) in [6.45, 7) is 3.81. The van der Waals surface area contributed by atoms with Gasteiger partial charge in [-0.3, -0.25) is 9.67 Å². The zero-order valence-electron chi connectivity index (χ0n) is 14.2. The summed E-state index contributed by atoms with van der Waals surface area (Å²) in [5.41, 5.74) is 1.74. The predicted octanol–water partition coefficient (Wildman–Crippen LogP) is 0.960. The van der Waals surface area contributed by atoms with Crippen LogP contribution in [0.15, 0.2) is 46.5 Å². The van der Waals surface area contributed by atoms with E-state index in [1.807, 2.05) is 29.1 Å². The van der Waals surface area contributed by atoms with Gasteiger partial charge in [-0.05, 0) is 30.2 Å². The number of aliphatic imine (C=N–C) groups is 1. The highest BCUT2D eigenvalue weighted by Gasteiger charge is 2.10. The smallest absolute Gasteiger partial charge is 0.191 e. The zero-order valence-corrected chi connectivity index (χ0v) is 15.0. The zero-order chi connectivity index (χ0) is 17.6. The van der Waals surface area contributed by atoms with Gasteiger partial charge < -0.3 is 10.6 Å². The maximum Gasteiger partial charge on any atom is 0.191 e. The number of aromatic nitrogens is 2. The summed E-state index contributed by atoms with van der Waals surface area (Å²) in [5, 5.41) is 10.6. The molecule has 130 valence electrons. The van der Waals surface area contributed by atoms with Crippen LogP contribution in [0.25, 0.3) is 0 Å². The second-order valence-electron chi connectivity index (χ2n) is 5.49. The van der Waals surface area contributed by atoms with Crippen LogP contribution in [0.5, 0.6) is 0 Å². The van der Waals surface area contributed by atoms with Gasteiger partial charge in [0.2, 0.25) is 0 Å². The minimum absolute atomic E-state index is 0.368. The summed E-state index contributed by atoms with van der Waals surface area (Å²) >= 11 is 0. The van der Waals surface area contributed by atoms with Crippen LogP contribution < -0.4 is 10.6 Å². The summed E-state index contributed by atoms with van der Waals surface area (Å²) < 4.78 is 25.1. The number of nitrogens with zero attached hydrogens (tertiary/aromatic N) is 3. The van der Waals surface area contributed by atoms with E-state index in [0.717, 1.165) is 17.7 Å². The Morgan fingerprint density at radius 1 is 1.33 bits per heavy atom. The van der Waals surface area contributed by atoms with Crippen molar-refractivity contribution in [2.24, 2.45) is 4.99 Å². The molecule has 0 amide bonds. The fourth-order valence-electron chi connectivity index (χ4n) is 2.37. The quantitative estimate of drug-likeness (QED) is 0.599. The van der Waals surface area contributed by atoms with Gasteiger partial charge in [0.05, 0.1) is 11.4 Å². The number of benzene rings is 1. The van der Waals surface area contributed by atoms with Crippen molar-refractivity contribution < 1.29 is 8.42 Å². The van der Waals surface area contributed by atoms with Crippen LogP contribution in [-0.4, -0.2) is 44.0 Å². The fraction of sp³-hybridized carbons (Fsp3) is 0.375. The molecular formula is C16H23N5O2S. The molecule has 0 saturated carbocycles. The Morgan fingerprint density at radius 2 is 2.12 bits per heavy atom. The SMILES string of the molecule is CN=C(NCCn1cccn1)NCc1ccc(S(C)(=O)=O)c(C)c1. The van der Waals surface area contributed by atoms with Gasteiger partial charge in [0.25, 0.3) is 0 Å². The Morgan fingerprint density at radius 3 is 2.71 bits per heavy atom. The van der Waals surface area contributed by atoms with Gasteiger partial charge in [0.15, 0.2) is 15.8 Å². The van der Waals surface area contributed by atoms with Gasteiger partial charge in [-0.1, -0.05) is 12.1 Å². The molecule has 24 heavy (non-hydrogen) atoms. The second-order valence-corrected chi connectivity index (χ2v) is 7.48. The van der Waals surface area contributed by atoms with E-state index in [1.54, 1.807) is 26.2 Å². The average molecular weight is 349 g/mol. The molecule has 0 aliphatic rings. The van der Waals surface area contributed by atoms with Gasteiger partial charge in [-0.2, -0.15) is 5.10 Å². The van der Waals surface area contributed by atoms with Crippen molar-refractivity contribution in [3.63, 3.8) is 0 Å². The van der Waals surface area contributed by atoms with Crippen molar-refractivity contribution in [3.05, 3.63) is 47.8 Å². The number of hydrogen-bond donors (Lipinski definition) is 2. The summed E-state index contributed by atoms with van der Waals surface area (Å²) in [5.74, 6) is 0.687. The third-order valence-corrected chi connectivity index (χ3v) is 4.77. The highest BCUT2D eigenvalue weighted by molar-refractivity contribution is 7.90. The number of rotatable bonds is 6. The molecule has 0 atom stereocenters. The molecule has 1 aromatic carbocycles. The molecule has 1 heterocycles. The summed E-state index contributed by atoms with van der Waals surface area (Å²) in [7, 11) is -1.47. The molecule has 0 spiro atoms. The molecular weight excluding hydrogens is 326 g/mol. The maximum absolute atomic E-state index is 11.6. The van der Waals surface area contributed by atoms with E-state index in [1.165, 1.54) is 6.26 Å². The first-order chi connectivity index (χ1) is 11.4. The molecule has 2 aromatic rings. The number of aryl methyl sites for hydroxylation is 1. The van der Waals surface area contributed by atoms with Crippen LogP contribution in [0.4, 0.5) is 0 Å². The molecule has 0 fully saturated rings. The van der Waals surface area contributed by atoms with Crippen molar-refractivity contribution in [1.82, 2.24) is 20.4 Å². The van der Waals surface area contributed by atoms with Gasteiger partial charge in [-0.15, -0.1) is 0 Å². The van der Waals surface area contributed by atoms with E-state index in [9.17, 15) is 8.42 Å². The topological polar surface area (TPSA) is 88.4 Å². The Kier molecular flexibility index (Phi) is 5.97. The van der Waals surface area contributed by atoms with E-state index < -0.39 is 9.84 Å². The minimum atomic E-state index is -3.18. The van der Waals surface area contributed by atoms with E-state index >= 15 is 0 Å². The first-order valence-electron chi connectivity index (χ1n) is 7.61. The molecule has 2 rings (SSSR count). The number of hydrogen-bond acceptors (Lipinski definition) is 4. The van der Waals surface area contributed by atoms with Crippen LogP contribution in [-0.2, 0) is 22.9 Å². The third kappa shape index (κ3) is 5.09. The Bertz CT molecular complexity index is 798. The Balaban J connectivity index is 1.88. The summed E-state index contributed by atoms with van der Waals surface area (Å²) in [6, 6.07) is 7.22. The summed E-state index contributed by atoms with van der Waals surface area (Å²) in [6.07, 6.45) is 4.87. The van der Waals surface area contributed by atoms with Crippen molar-refractivity contribution in [2.75, 3.05) is 19.8 Å². The highest BCUT2D eigenvalue weighted by Crippen LogP contribution is 2.16. The first-order valence-corrected chi connectivity index (χ1v) is 9.51. The van der Waals surface area contributed by atoms with E-state index in [2.05, 4.69) is 20.7 Å². The van der Waals surface area contributed by atoms with Crippen LogP contribution in [0.1, 0.15) is 11.1 Å². The lowest BCUT2D eigenvalue weighted by Gasteiger charge is -2.13. The number of guanidine groups is 1. The lowest BCUT2D eigenvalue weighted by atomic mass is 10.1. The fourth-order valence-corrected chi connectivity index (χ4v) is 3.32. The molecule has 0 saturated heterocycles. The molecule has 7 nitrogen and oxygen atoms in total. The van der Waals surface area contributed by atoms with Crippen LogP contribution in [0.3, 0.4) is 0 Å². The normalized spacial score (nSPS) is 12.2. The molecule has 2 N–H and O–H groups in total. The van der Waals surface area contributed by atoms with E-state index in [-0.39, 0.29) is 0 Å². The standard InChI is InChI=1S/C16H23N5O2S/c1-13-11-14(5-6-15(13)24(3,22)23)12-19-16(17-2)18-8-10-21-9-4-7-20-21/h4-7,9,11H,8,10,12H2,1-3H3,(H2,17,18,19). The molecule has 0 bridgehead atoms. The molecule has 1 aromatic heterocycles. The average Bonchev–Trinajstić information content (AvgIpc) is 3.02. The van der Waals surface area contributed by atoms with Crippen LogP contribution in [0.2, 0.25) is 0 Å². The monoisotopic (exact) mass is 349 g/mol. The molecule has 8 heteroatoms. The minimum Gasteiger partial charge on any atom is -0.355 e. The summed E-state index contributed by atoms with van der Waals surface area (Å²) in [4.78, 5) is 4.54. The first kappa shape index (κ1) is 18.0. The lowest BCUT2D eigenvalue weighted by molar-refractivity contribution is 0.597. The molecule has 0 radical (unpaired) electrons. The van der Waals surface area contributed by atoms with Crippen LogP contribution >= 0.6 is 0 Å². The van der Waals surface area contributed by atoms with E-state index in [0.29, 0.717) is 23.9 Å². The number of sulfone groups is 1. The molecule has 0 unspecified atom stereocenters. The van der Waals surface area contributed by atoms with Crippen LogP contribution in [0, 0.1) is 6.92 Å². The van der Waals surface area contributed by atoms with Gasteiger partial charge in [0, 0.05) is 38.8 Å². The molecule has 0 aliphatic heterocycles. The van der Waals surface area contributed by atoms with Gasteiger partial charge in [0.1, 0.15) is 0 Å². The number of nitrogens with one attached hydrogen (secondary N) is 2.